The molecule has 1 unspecified atom stereocenters. The lowest BCUT2D eigenvalue weighted by Crippen LogP contribution is -2.40. The van der Waals surface area contributed by atoms with Gasteiger partial charge in [-0.2, -0.15) is 11.8 Å². The third-order valence-corrected chi connectivity index (χ3v) is 4.68. The van der Waals surface area contributed by atoms with Crippen molar-refractivity contribution in [1.29, 1.82) is 0 Å². The fraction of sp³-hybridized carbons (Fsp3) is 0.286. The van der Waals surface area contributed by atoms with Crippen molar-refractivity contribution in [1.82, 2.24) is 5.32 Å². The Hall–Kier alpha value is -1.60. The number of aliphatic carboxylic acids is 1. The average molecular weight is 327 g/mol. The van der Waals surface area contributed by atoms with Crippen LogP contribution in [0, 0.1) is 5.82 Å². The van der Waals surface area contributed by atoms with Gasteiger partial charge in [-0.1, -0.05) is 0 Å². The van der Waals surface area contributed by atoms with E-state index >= 15 is 0 Å². The molecule has 1 aromatic carbocycles. The summed E-state index contributed by atoms with van der Waals surface area (Å²) < 4.78 is 13.9. The van der Waals surface area contributed by atoms with Crippen molar-refractivity contribution in [3.05, 3.63) is 35.0 Å². The van der Waals surface area contributed by atoms with Gasteiger partial charge in [0, 0.05) is 4.70 Å². The zero-order chi connectivity index (χ0) is 15.4. The second-order valence-corrected chi connectivity index (χ2v) is 6.51. The minimum Gasteiger partial charge on any atom is -0.480 e. The minimum atomic E-state index is -1.05. The predicted molar refractivity (Wildman–Crippen MR) is 83.7 cm³/mol. The summed E-state index contributed by atoms with van der Waals surface area (Å²) >= 11 is 2.74. The number of hydrogen-bond acceptors (Lipinski definition) is 4. The first-order valence-electron chi connectivity index (χ1n) is 6.23. The van der Waals surface area contributed by atoms with E-state index in [4.69, 9.17) is 5.11 Å². The van der Waals surface area contributed by atoms with Crippen LogP contribution in [0.1, 0.15) is 16.1 Å². The first-order valence-corrected chi connectivity index (χ1v) is 8.44. The maximum atomic E-state index is 13.1. The van der Waals surface area contributed by atoms with Crippen molar-refractivity contribution in [2.24, 2.45) is 0 Å². The zero-order valence-electron chi connectivity index (χ0n) is 11.3. The van der Waals surface area contributed by atoms with Gasteiger partial charge in [-0.15, -0.1) is 11.3 Å². The Bertz CT molecular complexity index is 671. The number of rotatable bonds is 6. The molecule has 1 atom stereocenters. The number of carboxylic acids is 1. The average Bonchev–Trinajstić information content (AvgIpc) is 2.85. The summed E-state index contributed by atoms with van der Waals surface area (Å²) in [5.74, 6) is -1.21. The number of thioether (sulfide) groups is 1. The van der Waals surface area contributed by atoms with E-state index < -0.39 is 17.9 Å². The molecule has 2 rings (SSSR count). The third kappa shape index (κ3) is 3.95. The first kappa shape index (κ1) is 15.8. The molecule has 2 aromatic rings. The topological polar surface area (TPSA) is 66.4 Å². The van der Waals surface area contributed by atoms with Gasteiger partial charge in [-0.05, 0) is 48.1 Å². The van der Waals surface area contributed by atoms with E-state index in [1.54, 1.807) is 12.1 Å². The van der Waals surface area contributed by atoms with Crippen molar-refractivity contribution >= 4 is 45.1 Å². The fourth-order valence-electron chi connectivity index (χ4n) is 1.85. The van der Waals surface area contributed by atoms with Crippen molar-refractivity contribution < 1.29 is 19.1 Å². The molecule has 1 aromatic heterocycles. The quantitative estimate of drug-likeness (QED) is 0.856. The Balaban J connectivity index is 2.15. The summed E-state index contributed by atoms with van der Waals surface area (Å²) in [4.78, 5) is 23.6. The predicted octanol–water partition coefficient (Wildman–Crippen LogP) is 2.98. The highest BCUT2D eigenvalue weighted by atomic mass is 32.2. The van der Waals surface area contributed by atoms with Crippen LogP contribution in [0.5, 0.6) is 0 Å². The number of nitrogens with one attached hydrogen (secondary N) is 1. The molecule has 0 radical (unpaired) electrons. The van der Waals surface area contributed by atoms with Crippen molar-refractivity contribution in [3.63, 3.8) is 0 Å². The Morgan fingerprint density at radius 1 is 1.43 bits per heavy atom. The first-order chi connectivity index (χ1) is 10.0. The number of amides is 1. The van der Waals surface area contributed by atoms with Crippen LogP contribution in [0.4, 0.5) is 4.39 Å². The van der Waals surface area contributed by atoms with Crippen LogP contribution in [0.2, 0.25) is 0 Å². The van der Waals surface area contributed by atoms with Gasteiger partial charge in [0.05, 0.1) is 4.88 Å². The summed E-state index contributed by atoms with van der Waals surface area (Å²) in [5.41, 5.74) is 0. The number of carbonyl (C=O) groups excluding carboxylic acids is 1. The summed E-state index contributed by atoms with van der Waals surface area (Å²) in [5, 5.41) is 12.2. The highest BCUT2D eigenvalue weighted by molar-refractivity contribution is 7.98. The second kappa shape index (κ2) is 6.91. The molecule has 0 saturated heterocycles. The molecule has 0 spiro atoms. The largest absolute Gasteiger partial charge is 0.480 e. The van der Waals surface area contributed by atoms with Gasteiger partial charge in [-0.25, -0.2) is 9.18 Å². The molecular formula is C14H14FNO3S2. The molecule has 1 amide bonds. The minimum absolute atomic E-state index is 0.363. The van der Waals surface area contributed by atoms with Gasteiger partial charge in [0.1, 0.15) is 11.9 Å². The molecule has 0 aliphatic heterocycles. The van der Waals surface area contributed by atoms with Gasteiger partial charge in [0.2, 0.25) is 0 Å². The van der Waals surface area contributed by atoms with Gasteiger partial charge >= 0.3 is 5.97 Å². The lowest BCUT2D eigenvalue weighted by molar-refractivity contribution is -0.139. The number of benzene rings is 1. The molecule has 2 N–H and O–H groups in total. The van der Waals surface area contributed by atoms with E-state index in [0.29, 0.717) is 22.4 Å². The van der Waals surface area contributed by atoms with Gasteiger partial charge in [0.15, 0.2) is 0 Å². The number of carbonyl (C=O) groups is 2. The highest BCUT2D eigenvalue weighted by Gasteiger charge is 2.21. The van der Waals surface area contributed by atoms with Crippen molar-refractivity contribution in [2.75, 3.05) is 12.0 Å². The number of carboxylic acid groups (broad SMARTS) is 1. The fourth-order valence-corrected chi connectivity index (χ4v) is 3.27. The lowest BCUT2D eigenvalue weighted by atomic mass is 10.2. The van der Waals surface area contributed by atoms with Crippen LogP contribution in [-0.2, 0) is 4.79 Å². The number of thiophene rings is 1. The monoisotopic (exact) mass is 327 g/mol. The normalized spacial score (nSPS) is 12.3. The maximum Gasteiger partial charge on any atom is 0.326 e. The van der Waals surface area contributed by atoms with E-state index in [9.17, 15) is 14.0 Å². The SMILES string of the molecule is CSCCC(NC(=O)c1cc2cc(F)ccc2s1)C(=O)O. The summed E-state index contributed by atoms with van der Waals surface area (Å²) in [6.07, 6.45) is 2.24. The second-order valence-electron chi connectivity index (χ2n) is 4.44. The van der Waals surface area contributed by atoms with Crippen molar-refractivity contribution in [3.8, 4) is 0 Å². The maximum absolute atomic E-state index is 13.1. The molecule has 1 heterocycles. The zero-order valence-corrected chi connectivity index (χ0v) is 12.9. The van der Waals surface area contributed by atoms with Gasteiger partial charge < -0.3 is 10.4 Å². The molecule has 0 fully saturated rings. The van der Waals surface area contributed by atoms with Crippen LogP contribution in [-0.4, -0.2) is 35.0 Å². The standard InChI is InChI=1S/C14H14FNO3S2/c1-20-5-4-10(14(18)19)16-13(17)12-7-8-6-9(15)2-3-11(8)21-12/h2-3,6-7,10H,4-5H2,1H3,(H,16,17)(H,18,19). The Kier molecular flexibility index (Phi) is 5.19. The van der Waals surface area contributed by atoms with Gasteiger partial charge in [0.25, 0.3) is 5.91 Å². The molecule has 0 saturated carbocycles. The summed E-state index contributed by atoms with van der Waals surface area (Å²) in [7, 11) is 0. The van der Waals surface area contributed by atoms with E-state index in [0.717, 1.165) is 4.70 Å². The Labute approximate surface area is 129 Å². The molecule has 7 heteroatoms. The Morgan fingerprint density at radius 2 is 2.19 bits per heavy atom. The molecule has 0 bridgehead atoms. The number of hydrogen-bond donors (Lipinski definition) is 2. The van der Waals surface area contributed by atoms with Crippen LogP contribution in [0.25, 0.3) is 10.1 Å². The van der Waals surface area contributed by atoms with E-state index in [1.807, 2.05) is 6.26 Å². The van der Waals surface area contributed by atoms with Crippen LogP contribution in [0.3, 0.4) is 0 Å². The van der Waals surface area contributed by atoms with E-state index in [2.05, 4.69) is 5.32 Å². The smallest absolute Gasteiger partial charge is 0.326 e. The molecule has 4 nitrogen and oxygen atoms in total. The third-order valence-electron chi connectivity index (χ3n) is 2.92. The van der Waals surface area contributed by atoms with E-state index in [-0.39, 0.29) is 5.82 Å². The van der Waals surface area contributed by atoms with Crippen molar-refractivity contribution in [2.45, 2.75) is 12.5 Å². The van der Waals surface area contributed by atoms with Crippen LogP contribution < -0.4 is 5.32 Å². The van der Waals surface area contributed by atoms with Crippen LogP contribution >= 0.6 is 23.1 Å². The number of halogens is 1. The summed E-state index contributed by atoms with van der Waals surface area (Å²) in [6.45, 7) is 0. The Morgan fingerprint density at radius 3 is 2.86 bits per heavy atom. The van der Waals surface area contributed by atoms with Crippen LogP contribution in [0.15, 0.2) is 24.3 Å². The molecule has 0 aliphatic rings. The molecule has 21 heavy (non-hydrogen) atoms. The summed E-state index contributed by atoms with van der Waals surface area (Å²) in [6, 6.07) is 4.96. The van der Waals surface area contributed by atoms with E-state index in [1.165, 1.54) is 35.2 Å². The van der Waals surface area contributed by atoms with Gasteiger partial charge in [-0.3, -0.25) is 4.79 Å². The molecular weight excluding hydrogens is 313 g/mol. The molecule has 112 valence electrons. The molecule has 0 aliphatic carbocycles. The number of fused-ring (bicyclic) bond motifs is 1. The highest BCUT2D eigenvalue weighted by Crippen LogP contribution is 2.26. The lowest BCUT2D eigenvalue weighted by Gasteiger charge is -2.12.